The van der Waals surface area contributed by atoms with Crippen LogP contribution in [0, 0.1) is 46.3 Å². The fraction of sp³-hybridized carbons (Fsp3) is 0.931. The molecule has 0 aliphatic heterocycles. The Kier molecular flexibility index (Phi) is 9.86. The van der Waals surface area contributed by atoms with Crippen LogP contribution in [-0.2, 0) is 14.3 Å². The van der Waals surface area contributed by atoms with Crippen LogP contribution in [0.2, 0.25) is 0 Å². The van der Waals surface area contributed by atoms with E-state index < -0.39 is 0 Å². The zero-order valence-electron chi connectivity index (χ0n) is 22.5. The molecule has 0 heterocycles. The van der Waals surface area contributed by atoms with Crippen molar-refractivity contribution in [1.82, 2.24) is 0 Å². The molecule has 0 amide bonds. The van der Waals surface area contributed by atoms with E-state index >= 15 is 0 Å². The molecule has 4 aliphatic carbocycles. The second-order valence-electron chi connectivity index (χ2n) is 11.1. The summed E-state index contributed by atoms with van der Waals surface area (Å²) in [6, 6.07) is 0. The Bertz CT molecular complexity index is 628. The number of ketones is 1. The predicted molar refractivity (Wildman–Crippen MR) is 133 cm³/mol. The van der Waals surface area contributed by atoms with E-state index in [0.29, 0.717) is 35.1 Å². The summed E-state index contributed by atoms with van der Waals surface area (Å²) < 4.78 is 5.30. The molecule has 4 saturated carbocycles. The molecule has 0 radical (unpaired) electrons. The van der Waals surface area contributed by atoms with Gasteiger partial charge in [0.1, 0.15) is 5.78 Å². The fourth-order valence-electron chi connectivity index (χ4n) is 8.67. The smallest absolute Gasteiger partial charge is 0.302 e. The van der Waals surface area contributed by atoms with E-state index in [0.717, 1.165) is 49.4 Å². The minimum Gasteiger partial charge on any atom is -0.466 e. The molecule has 186 valence electrons. The average Bonchev–Trinajstić information content (AvgIpc) is 3.13. The lowest BCUT2D eigenvalue weighted by molar-refractivity contribution is -0.152. The maximum absolute atomic E-state index is 12.3. The standard InChI is InChI=1S/C25H40O3.2C2H6/c1-5-17-14-20-21-7-6-18(10-13-28-16(2)26)24(21,3)12-9-22(20)25(4)11-8-19(27)15-23(17)25;2*1-2/h17-18,20-23H,5-15H2,1-4H3;2*1-2H3/t17?,18-,20?,21?,22?,23?,24?,25?;;/m1../s1. The second-order valence-corrected chi connectivity index (χ2v) is 11.1. The van der Waals surface area contributed by atoms with E-state index in [9.17, 15) is 9.59 Å². The Balaban J connectivity index is 0.000000860. The molecule has 8 atom stereocenters. The third-order valence-corrected chi connectivity index (χ3v) is 10.2. The molecule has 4 aliphatic rings. The third-order valence-electron chi connectivity index (χ3n) is 10.2. The minimum atomic E-state index is -0.146. The molecule has 0 aromatic carbocycles. The van der Waals surface area contributed by atoms with Crippen molar-refractivity contribution in [3.05, 3.63) is 0 Å². The molecule has 0 N–H and O–H groups in total. The van der Waals surface area contributed by atoms with Crippen LogP contribution in [0.5, 0.6) is 0 Å². The summed E-state index contributed by atoms with van der Waals surface area (Å²) in [5.74, 6) is 4.94. The molecule has 0 saturated heterocycles. The first kappa shape index (κ1) is 27.4. The quantitative estimate of drug-likeness (QED) is 0.411. The van der Waals surface area contributed by atoms with E-state index in [1.54, 1.807) is 0 Å². The highest BCUT2D eigenvalue weighted by Gasteiger charge is 2.61. The van der Waals surface area contributed by atoms with Gasteiger partial charge in [-0.1, -0.05) is 54.9 Å². The molecule has 3 nitrogen and oxygen atoms in total. The van der Waals surface area contributed by atoms with Crippen LogP contribution in [0.4, 0.5) is 0 Å². The normalized spacial score (nSPS) is 42.2. The summed E-state index contributed by atoms with van der Waals surface area (Å²) in [6.07, 6.45) is 11.8. The number of hydrogen-bond donors (Lipinski definition) is 0. The SMILES string of the molecule is CC.CC.CCC1CC2C(CCC3(C)C2CC[C@@H]3CCOC(C)=O)C2(C)CCC(=O)CC12. The van der Waals surface area contributed by atoms with Crippen molar-refractivity contribution in [3.63, 3.8) is 0 Å². The van der Waals surface area contributed by atoms with Gasteiger partial charge in [-0.15, -0.1) is 0 Å². The van der Waals surface area contributed by atoms with Crippen LogP contribution in [0.15, 0.2) is 0 Å². The number of Topliss-reactive ketones (excluding diaryl/α,β-unsaturated/α-hetero) is 1. The Labute approximate surface area is 198 Å². The van der Waals surface area contributed by atoms with Crippen molar-refractivity contribution in [2.24, 2.45) is 46.3 Å². The van der Waals surface area contributed by atoms with Gasteiger partial charge in [0.15, 0.2) is 0 Å². The van der Waals surface area contributed by atoms with Gasteiger partial charge in [-0.3, -0.25) is 9.59 Å². The van der Waals surface area contributed by atoms with Crippen molar-refractivity contribution in [1.29, 1.82) is 0 Å². The summed E-state index contributed by atoms with van der Waals surface area (Å²) in [7, 11) is 0. The second kappa shape index (κ2) is 11.5. The van der Waals surface area contributed by atoms with Crippen LogP contribution < -0.4 is 0 Å². The molecule has 0 spiro atoms. The average molecular weight is 449 g/mol. The molecule has 4 rings (SSSR count). The highest BCUT2D eigenvalue weighted by Crippen LogP contribution is 2.68. The summed E-state index contributed by atoms with van der Waals surface area (Å²) >= 11 is 0. The highest BCUT2D eigenvalue weighted by atomic mass is 16.5. The lowest BCUT2D eigenvalue weighted by Gasteiger charge is -2.62. The fourth-order valence-corrected chi connectivity index (χ4v) is 8.67. The number of hydrogen-bond acceptors (Lipinski definition) is 3. The number of esters is 1. The molecule has 0 bridgehead atoms. The van der Waals surface area contributed by atoms with Gasteiger partial charge in [0.2, 0.25) is 0 Å². The van der Waals surface area contributed by atoms with Gasteiger partial charge < -0.3 is 4.74 Å². The molecule has 4 fully saturated rings. The molecular weight excluding hydrogens is 396 g/mol. The van der Waals surface area contributed by atoms with Gasteiger partial charge in [0, 0.05) is 19.8 Å². The number of carbonyl (C=O) groups is 2. The number of ether oxygens (including phenoxy) is 1. The Morgan fingerprint density at radius 3 is 2.25 bits per heavy atom. The van der Waals surface area contributed by atoms with Crippen molar-refractivity contribution < 1.29 is 14.3 Å². The molecule has 0 aromatic heterocycles. The summed E-state index contributed by atoms with van der Waals surface area (Å²) in [6.45, 7) is 17.6. The number of rotatable bonds is 4. The maximum atomic E-state index is 12.3. The van der Waals surface area contributed by atoms with Gasteiger partial charge in [-0.05, 0) is 91.3 Å². The Morgan fingerprint density at radius 2 is 1.62 bits per heavy atom. The molecular formula is C29H52O3. The Hall–Kier alpha value is -0.860. The van der Waals surface area contributed by atoms with Gasteiger partial charge in [-0.2, -0.15) is 0 Å². The number of carbonyl (C=O) groups excluding carboxylic acids is 2. The van der Waals surface area contributed by atoms with Crippen molar-refractivity contribution in [3.8, 4) is 0 Å². The largest absolute Gasteiger partial charge is 0.466 e. The van der Waals surface area contributed by atoms with Crippen molar-refractivity contribution >= 4 is 11.8 Å². The minimum absolute atomic E-state index is 0.146. The first-order chi connectivity index (χ1) is 15.3. The monoisotopic (exact) mass is 448 g/mol. The summed E-state index contributed by atoms with van der Waals surface area (Å²) in [5, 5.41) is 0. The van der Waals surface area contributed by atoms with Gasteiger partial charge >= 0.3 is 5.97 Å². The first-order valence-electron chi connectivity index (χ1n) is 13.9. The molecule has 0 aromatic rings. The van der Waals surface area contributed by atoms with Crippen LogP contribution in [0.3, 0.4) is 0 Å². The van der Waals surface area contributed by atoms with Gasteiger partial charge in [0.05, 0.1) is 6.61 Å². The van der Waals surface area contributed by atoms with Gasteiger partial charge in [-0.25, -0.2) is 0 Å². The lowest BCUT2D eigenvalue weighted by atomic mass is 9.42. The van der Waals surface area contributed by atoms with E-state index in [4.69, 9.17) is 4.74 Å². The first-order valence-corrected chi connectivity index (χ1v) is 13.9. The lowest BCUT2D eigenvalue weighted by Crippen LogP contribution is -2.56. The Morgan fingerprint density at radius 1 is 0.969 bits per heavy atom. The van der Waals surface area contributed by atoms with Crippen molar-refractivity contribution in [2.75, 3.05) is 6.61 Å². The zero-order chi connectivity index (χ0) is 24.1. The highest BCUT2D eigenvalue weighted by molar-refractivity contribution is 5.79. The van der Waals surface area contributed by atoms with E-state index in [1.807, 2.05) is 27.7 Å². The zero-order valence-corrected chi connectivity index (χ0v) is 22.5. The number of fused-ring (bicyclic) bond motifs is 5. The van der Waals surface area contributed by atoms with Crippen LogP contribution in [0.25, 0.3) is 0 Å². The topological polar surface area (TPSA) is 43.4 Å². The van der Waals surface area contributed by atoms with E-state index in [2.05, 4.69) is 20.8 Å². The molecule has 3 heteroatoms. The van der Waals surface area contributed by atoms with Crippen LogP contribution >= 0.6 is 0 Å². The summed E-state index contributed by atoms with van der Waals surface area (Å²) in [4.78, 5) is 23.5. The van der Waals surface area contributed by atoms with Crippen LogP contribution in [0.1, 0.15) is 120 Å². The summed E-state index contributed by atoms with van der Waals surface area (Å²) in [5.41, 5.74) is 0.807. The maximum Gasteiger partial charge on any atom is 0.302 e. The molecule has 32 heavy (non-hydrogen) atoms. The van der Waals surface area contributed by atoms with E-state index in [-0.39, 0.29) is 5.97 Å². The molecule has 7 unspecified atom stereocenters. The van der Waals surface area contributed by atoms with Crippen LogP contribution in [-0.4, -0.2) is 18.4 Å². The third kappa shape index (κ3) is 4.97. The van der Waals surface area contributed by atoms with Gasteiger partial charge in [0.25, 0.3) is 0 Å². The van der Waals surface area contributed by atoms with E-state index in [1.165, 1.54) is 45.4 Å². The van der Waals surface area contributed by atoms with Crippen molar-refractivity contribution in [2.45, 2.75) is 120 Å². The predicted octanol–water partition coefficient (Wildman–Crippen LogP) is 7.86.